The van der Waals surface area contributed by atoms with E-state index in [1.165, 1.54) is 0 Å². The predicted molar refractivity (Wildman–Crippen MR) is 73.0 cm³/mol. The zero-order valence-corrected chi connectivity index (χ0v) is 11.2. The summed E-state index contributed by atoms with van der Waals surface area (Å²) in [6.45, 7) is 0. The van der Waals surface area contributed by atoms with Crippen LogP contribution in [0.1, 0.15) is 37.3 Å². The third-order valence-corrected chi connectivity index (χ3v) is 3.74. The van der Waals surface area contributed by atoms with Gasteiger partial charge in [-0.25, -0.2) is 0 Å². The Morgan fingerprint density at radius 3 is 2.74 bits per heavy atom. The molecule has 0 radical (unpaired) electrons. The van der Waals surface area contributed by atoms with Gasteiger partial charge in [-0.05, 0) is 31.2 Å². The van der Waals surface area contributed by atoms with Crippen molar-refractivity contribution >= 4 is 5.97 Å². The third kappa shape index (κ3) is 3.78. The van der Waals surface area contributed by atoms with Crippen LogP contribution in [0.15, 0.2) is 30.3 Å². The molecule has 0 amide bonds. The molecule has 1 fully saturated rings. The number of methoxy groups -OCH3 is 1. The van der Waals surface area contributed by atoms with E-state index in [-0.39, 0.29) is 12.1 Å². The Kier molecular flexibility index (Phi) is 4.93. The highest BCUT2D eigenvalue weighted by molar-refractivity contribution is 5.75. The summed E-state index contributed by atoms with van der Waals surface area (Å²) in [6, 6.07) is 8.90. The van der Waals surface area contributed by atoms with E-state index in [1.54, 1.807) is 7.11 Å². The van der Waals surface area contributed by atoms with Crippen LogP contribution in [0.4, 0.5) is 0 Å². The van der Waals surface area contributed by atoms with Gasteiger partial charge in [-0.1, -0.05) is 30.3 Å². The minimum absolute atomic E-state index is 0.208. The molecule has 0 aliphatic heterocycles. The van der Waals surface area contributed by atoms with Crippen LogP contribution in [0.2, 0.25) is 0 Å². The highest BCUT2D eigenvalue weighted by atomic mass is 16.5. The molecule has 0 aromatic heterocycles. The summed E-state index contributed by atoms with van der Waals surface area (Å²) in [4.78, 5) is 11.4. The zero-order valence-electron chi connectivity index (χ0n) is 11.2. The SMILES string of the molecule is COC1CCCC(NC(C(=O)O)c2ccccc2)C1. The summed E-state index contributed by atoms with van der Waals surface area (Å²) in [7, 11) is 1.72. The first-order chi connectivity index (χ1) is 9.20. The average Bonchev–Trinajstić information content (AvgIpc) is 2.45. The lowest BCUT2D eigenvalue weighted by molar-refractivity contribution is -0.140. The number of rotatable bonds is 5. The smallest absolute Gasteiger partial charge is 0.325 e. The molecule has 0 spiro atoms. The van der Waals surface area contributed by atoms with Gasteiger partial charge in [-0.3, -0.25) is 10.1 Å². The fourth-order valence-corrected chi connectivity index (χ4v) is 2.70. The molecule has 0 bridgehead atoms. The fraction of sp³-hybridized carbons (Fsp3) is 0.533. The molecule has 4 nitrogen and oxygen atoms in total. The lowest BCUT2D eigenvalue weighted by Gasteiger charge is -2.31. The van der Waals surface area contributed by atoms with Gasteiger partial charge in [-0.15, -0.1) is 0 Å². The molecule has 19 heavy (non-hydrogen) atoms. The Morgan fingerprint density at radius 1 is 1.37 bits per heavy atom. The monoisotopic (exact) mass is 263 g/mol. The fourth-order valence-electron chi connectivity index (χ4n) is 2.70. The highest BCUT2D eigenvalue weighted by Crippen LogP contribution is 2.23. The van der Waals surface area contributed by atoms with E-state index in [1.807, 2.05) is 30.3 Å². The van der Waals surface area contributed by atoms with E-state index in [9.17, 15) is 9.90 Å². The summed E-state index contributed by atoms with van der Waals surface area (Å²) in [5, 5.41) is 12.6. The first-order valence-corrected chi connectivity index (χ1v) is 6.77. The Balaban J connectivity index is 2.03. The van der Waals surface area contributed by atoms with Crippen molar-refractivity contribution < 1.29 is 14.6 Å². The lowest BCUT2D eigenvalue weighted by atomic mass is 9.91. The molecular formula is C15H21NO3. The maximum atomic E-state index is 11.4. The summed E-state index contributed by atoms with van der Waals surface area (Å²) in [5.74, 6) is -0.828. The number of nitrogens with one attached hydrogen (secondary N) is 1. The third-order valence-electron chi connectivity index (χ3n) is 3.74. The van der Waals surface area contributed by atoms with Gasteiger partial charge in [-0.2, -0.15) is 0 Å². The van der Waals surface area contributed by atoms with Crippen LogP contribution in [-0.4, -0.2) is 30.3 Å². The molecule has 4 heteroatoms. The molecule has 1 aliphatic rings. The van der Waals surface area contributed by atoms with Crippen LogP contribution in [0.25, 0.3) is 0 Å². The molecule has 1 saturated carbocycles. The van der Waals surface area contributed by atoms with Crippen molar-refractivity contribution in [3.05, 3.63) is 35.9 Å². The van der Waals surface area contributed by atoms with Crippen molar-refractivity contribution in [3.63, 3.8) is 0 Å². The van der Waals surface area contributed by atoms with Crippen LogP contribution >= 0.6 is 0 Å². The number of hydrogen-bond acceptors (Lipinski definition) is 3. The largest absolute Gasteiger partial charge is 0.480 e. The molecule has 1 aromatic carbocycles. The van der Waals surface area contributed by atoms with Crippen molar-refractivity contribution in [2.24, 2.45) is 0 Å². The molecule has 0 saturated heterocycles. The molecule has 3 atom stereocenters. The summed E-state index contributed by atoms with van der Waals surface area (Å²) in [5.41, 5.74) is 0.801. The number of hydrogen-bond donors (Lipinski definition) is 2. The van der Waals surface area contributed by atoms with Crippen molar-refractivity contribution in [1.29, 1.82) is 0 Å². The molecule has 0 heterocycles. The van der Waals surface area contributed by atoms with Gasteiger partial charge >= 0.3 is 5.97 Å². The molecule has 1 aliphatic carbocycles. The molecule has 1 aromatic rings. The maximum Gasteiger partial charge on any atom is 0.325 e. The van der Waals surface area contributed by atoms with Gasteiger partial charge in [0, 0.05) is 13.2 Å². The topological polar surface area (TPSA) is 58.6 Å². The minimum atomic E-state index is -0.828. The number of carbonyl (C=O) groups is 1. The summed E-state index contributed by atoms with van der Waals surface area (Å²) < 4.78 is 5.38. The first-order valence-electron chi connectivity index (χ1n) is 6.77. The second-order valence-corrected chi connectivity index (χ2v) is 5.07. The van der Waals surface area contributed by atoms with Gasteiger partial charge in [0.05, 0.1) is 6.10 Å². The van der Waals surface area contributed by atoms with E-state index in [0.717, 1.165) is 31.2 Å². The molecule has 2 N–H and O–H groups in total. The summed E-state index contributed by atoms with van der Waals surface area (Å²) >= 11 is 0. The van der Waals surface area contributed by atoms with Gasteiger partial charge in [0.25, 0.3) is 0 Å². The van der Waals surface area contributed by atoms with Crippen LogP contribution in [0, 0.1) is 0 Å². The van der Waals surface area contributed by atoms with E-state index in [2.05, 4.69) is 5.32 Å². The van der Waals surface area contributed by atoms with Gasteiger partial charge in [0.15, 0.2) is 0 Å². The number of benzene rings is 1. The van der Waals surface area contributed by atoms with Crippen LogP contribution in [-0.2, 0) is 9.53 Å². The minimum Gasteiger partial charge on any atom is -0.480 e. The van der Waals surface area contributed by atoms with Crippen LogP contribution < -0.4 is 5.32 Å². The second kappa shape index (κ2) is 6.68. The maximum absolute atomic E-state index is 11.4. The van der Waals surface area contributed by atoms with E-state index >= 15 is 0 Å². The Morgan fingerprint density at radius 2 is 2.11 bits per heavy atom. The molecular weight excluding hydrogens is 242 g/mol. The van der Waals surface area contributed by atoms with Crippen molar-refractivity contribution in [2.75, 3.05) is 7.11 Å². The Hall–Kier alpha value is -1.39. The van der Waals surface area contributed by atoms with Crippen LogP contribution in [0.3, 0.4) is 0 Å². The predicted octanol–water partition coefficient (Wildman–Crippen LogP) is 2.36. The summed E-state index contributed by atoms with van der Waals surface area (Å²) in [6.07, 6.45) is 4.29. The molecule has 3 unspecified atom stereocenters. The standard InChI is InChI=1S/C15H21NO3/c1-19-13-9-5-8-12(10-13)16-14(15(17)18)11-6-3-2-4-7-11/h2-4,6-7,12-14,16H,5,8-10H2,1H3,(H,17,18). The van der Waals surface area contributed by atoms with Crippen molar-refractivity contribution in [1.82, 2.24) is 5.32 Å². The Bertz CT molecular complexity index is 407. The average molecular weight is 263 g/mol. The number of ether oxygens (including phenoxy) is 1. The van der Waals surface area contributed by atoms with Crippen molar-refractivity contribution in [3.8, 4) is 0 Å². The molecule has 2 rings (SSSR count). The first kappa shape index (κ1) is 14.0. The Labute approximate surface area is 113 Å². The zero-order chi connectivity index (χ0) is 13.7. The number of aliphatic carboxylic acids is 1. The van der Waals surface area contributed by atoms with E-state index in [4.69, 9.17) is 4.74 Å². The lowest BCUT2D eigenvalue weighted by Crippen LogP contribution is -2.41. The quantitative estimate of drug-likeness (QED) is 0.856. The van der Waals surface area contributed by atoms with E-state index < -0.39 is 12.0 Å². The molecule has 104 valence electrons. The van der Waals surface area contributed by atoms with E-state index in [0.29, 0.717) is 0 Å². The normalized spacial score (nSPS) is 24.9. The second-order valence-electron chi connectivity index (χ2n) is 5.07. The number of carboxylic acids is 1. The highest BCUT2D eigenvalue weighted by Gasteiger charge is 2.27. The van der Waals surface area contributed by atoms with Gasteiger partial charge in [0.1, 0.15) is 6.04 Å². The van der Waals surface area contributed by atoms with Gasteiger partial charge < -0.3 is 9.84 Å². The van der Waals surface area contributed by atoms with Crippen LogP contribution in [0.5, 0.6) is 0 Å². The number of carboxylic acid groups (broad SMARTS) is 1. The van der Waals surface area contributed by atoms with Crippen molar-refractivity contribution in [2.45, 2.75) is 43.9 Å². The van der Waals surface area contributed by atoms with Gasteiger partial charge in [0.2, 0.25) is 0 Å².